The molecule has 12 heavy (non-hydrogen) atoms. The fourth-order valence-corrected chi connectivity index (χ4v) is 2.39. The summed E-state index contributed by atoms with van der Waals surface area (Å²) < 4.78 is 29.4. The summed E-state index contributed by atoms with van der Waals surface area (Å²) in [5, 5.41) is 0. The van der Waals surface area contributed by atoms with Gasteiger partial charge in [-0.05, 0) is 18.8 Å². The summed E-state index contributed by atoms with van der Waals surface area (Å²) in [4.78, 5) is 10.8. The SMILES string of the molecule is O=C1CCC(CS(=O)(=O)O)CC1. The van der Waals surface area contributed by atoms with Gasteiger partial charge >= 0.3 is 0 Å². The maximum Gasteiger partial charge on any atom is 0.265 e. The number of carbonyl (C=O) groups is 1. The average Bonchev–Trinajstić information content (AvgIpc) is 1.91. The Morgan fingerprint density at radius 2 is 1.83 bits per heavy atom. The Kier molecular flexibility index (Phi) is 2.85. The van der Waals surface area contributed by atoms with Crippen LogP contribution in [0, 0.1) is 5.92 Å². The normalized spacial score (nSPS) is 21.2. The summed E-state index contributed by atoms with van der Waals surface area (Å²) in [6.45, 7) is 0. The van der Waals surface area contributed by atoms with Crippen LogP contribution in [0.1, 0.15) is 25.7 Å². The predicted molar refractivity (Wildman–Crippen MR) is 43.4 cm³/mol. The van der Waals surface area contributed by atoms with Crippen molar-refractivity contribution in [2.24, 2.45) is 5.92 Å². The third kappa shape index (κ3) is 3.32. The minimum Gasteiger partial charge on any atom is -0.300 e. The molecule has 0 aromatic carbocycles. The van der Waals surface area contributed by atoms with E-state index in [1.807, 2.05) is 0 Å². The first-order chi connectivity index (χ1) is 5.47. The molecule has 0 atom stereocenters. The number of Topliss-reactive ketones (excluding diaryl/α,β-unsaturated/α-hetero) is 1. The van der Waals surface area contributed by atoms with Gasteiger partial charge in [-0.15, -0.1) is 0 Å². The molecule has 0 amide bonds. The third-order valence-corrected chi connectivity index (χ3v) is 3.00. The van der Waals surface area contributed by atoms with E-state index in [2.05, 4.69) is 0 Å². The zero-order valence-corrected chi connectivity index (χ0v) is 7.51. The van der Waals surface area contributed by atoms with Crippen molar-refractivity contribution in [3.63, 3.8) is 0 Å². The first kappa shape index (κ1) is 9.67. The van der Waals surface area contributed by atoms with Crippen LogP contribution in [0.3, 0.4) is 0 Å². The molecule has 1 saturated carbocycles. The van der Waals surface area contributed by atoms with Gasteiger partial charge < -0.3 is 0 Å². The van der Waals surface area contributed by atoms with E-state index in [0.29, 0.717) is 25.7 Å². The Morgan fingerprint density at radius 3 is 2.25 bits per heavy atom. The van der Waals surface area contributed by atoms with Crippen molar-refractivity contribution in [2.75, 3.05) is 5.75 Å². The van der Waals surface area contributed by atoms with Crippen molar-refractivity contribution in [1.29, 1.82) is 0 Å². The van der Waals surface area contributed by atoms with E-state index in [0.717, 1.165) is 0 Å². The number of hydrogen-bond acceptors (Lipinski definition) is 3. The van der Waals surface area contributed by atoms with Crippen molar-refractivity contribution in [1.82, 2.24) is 0 Å². The molecule has 0 radical (unpaired) electrons. The smallest absolute Gasteiger partial charge is 0.265 e. The Balaban J connectivity index is 2.41. The molecule has 0 saturated heterocycles. The number of rotatable bonds is 2. The Morgan fingerprint density at radius 1 is 1.33 bits per heavy atom. The van der Waals surface area contributed by atoms with Crippen LogP contribution >= 0.6 is 0 Å². The summed E-state index contributed by atoms with van der Waals surface area (Å²) >= 11 is 0. The van der Waals surface area contributed by atoms with Crippen molar-refractivity contribution >= 4 is 15.9 Å². The quantitative estimate of drug-likeness (QED) is 0.651. The van der Waals surface area contributed by atoms with Gasteiger partial charge in [-0.1, -0.05) is 0 Å². The summed E-state index contributed by atoms with van der Waals surface area (Å²) in [6.07, 6.45) is 2.11. The van der Waals surface area contributed by atoms with Crippen LogP contribution in [-0.4, -0.2) is 24.5 Å². The molecule has 5 heteroatoms. The maximum absolute atomic E-state index is 10.8. The molecule has 70 valence electrons. The predicted octanol–water partition coefficient (Wildman–Crippen LogP) is 0.633. The fourth-order valence-electron chi connectivity index (χ4n) is 1.46. The van der Waals surface area contributed by atoms with Crippen LogP contribution < -0.4 is 0 Å². The standard InChI is InChI=1S/C7H12O4S/c8-7-3-1-6(2-4-7)5-12(9,10)11/h6H,1-5H2,(H,9,10,11). The van der Waals surface area contributed by atoms with Crippen molar-refractivity contribution in [2.45, 2.75) is 25.7 Å². The van der Waals surface area contributed by atoms with Crippen LogP contribution in [0.5, 0.6) is 0 Å². The van der Waals surface area contributed by atoms with E-state index in [4.69, 9.17) is 4.55 Å². The second kappa shape index (κ2) is 3.53. The Labute approximate surface area is 71.7 Å². The topological polar surface area (TPSA) is 71.4 Å². The van der Waals surface area contributed by atoms with Gasteiger partial charge in [0.1, 0.15) is 5.78 Å². The first-order valence-corrected chi connectivity index (χ1v) is 5.55. The highest BCUT2D eigenvalue weighted by Crippen LogP contribution is 2.22. The van der Waals surface area contributed by atoms with Crippen LogP contribution in [0.4, 0.5) is 0 Å². The molecule has 1 rings (SSSR count). The van der Waals surface area contributed by atoms with E-state index in [1.54, 1.807) is 0 Å². The van der Waals surface area contributed by atoms with Crippen molar-refractivity contribution < 1.29 is 17.8 Å². The van der Waals surface area contributed by atoms with Gasteiger partial charge in [-0.2, -0.15) is 8.42 Å². The van der Waals surface area contributed by atoms with Gasteiger partial charge in [0.2, 0.25) is 0 Å². The molecule has 0 spiro atoms. The molecule has 0 aromatic heterocycles. The monoisotopic (exact) mass is 192 g/mol. The zero-order chi connectivity index (χ0) is 9.19. The molecule has 4 nitrogen and oxygen atoms in total. The minimum atomic E-state index is -3.85. The molecular formula is C7H12O4S. The maximum atomic E-state index is 10.8. The first-order valence-electron chi connectivity index (χ1n) is 3.94. The second-order valence-electron chi connectivity index (χ2n) is 3.23. The molecular weight excluding hydrogens is 180 g/mol. The molecule has 1 aliphatic rings. The summed E-state index contributed by atoms with van der Waals surface area (Å²) in [5.41, 5.74) is 0. The number of carbonyl (C=O) groups excluding carboxylic acids is 1. The van der Waals surface area contributed by atoms with Gasteiger partial charge in [0.25, 0.3) is 10.1 Å². The minimum absolute atomic E-state index is 0.0299. The molecule has 0 bridgehead atoms. The van der Waals surface area contributed by atoms with Gasteiger partial charge in [0.15, 0.2) is 0 Å². The zero-order valence-electron chi connectivity index (χ0n) is 6.69. The lowest BCUT2D eigenvalue weighted by Gasteiger charge is -2.18. The lowest BCUT2D eigenvalue weighted by molar-refractivity contribution is -0.120. The molecule has 1 N–H and O–H groups in total. The summed E-state index contributed by atoms with van der Waals surface area (Å²) in [5.74, 6) is -0.0282. The Hall–Kier alpha value is -0.420. The van der Waals surface area contributed by atoms with E-state index < -0.39 is 10.1 Å². The van der Waals surface area contributed by atoms with Gasteiger partial charge in [0.05, 0.1) is 5.75 Å². The van der Waals surface area contributed by atoms with E-state index >= 15 is 0 Å². The second-order valence-corrected chi connectivity index (χ2v) is 4.73. The van der Waals surface area contributed by atoms with Crippen LogP contribution in [-0.2, 0) is 14.9 Å². The lowest BCUT2D eigenvalue weighted by atomic mass is 9.90. The number of ketones is 1. The lowest BCUT2D eigenvalue weighted by Crippen LogP contribution is -2.21. The summed E-state index contributed by atoms with van der Waals surface area (Å²) in [6, 6.07) is 0. The molecule has 0 aliphatic heterocycles. The van der Waals surface area contributed by atoms with Crippen molar-refractivity contribution in [3.8, 4) is 0 Å². The molecule has 0 heterocycles. The van der Waals surface area contributed by atoms with E-state index in [1.165, 1.54) is 0 Å². The van der Waals surface area contributed by atoms with Crippen LogP contribution in [0.25, 0.3) is 0 Å². The van der Waals surface area contributed by atoms with Crippen LogP contribution in [0.15, 0.2) is 0 Å². The molecule has 1 fully saturated rings. The van der Waals surface area contributed by atoms with E-state index in [-0.39, 0.29) is 17.5 Å². The third-order valence-electron chi connectivity index (χ3n) is 2.11. The summed E-state index contributed by atoms with van der Waals surface area (Å²) in [7, 11) is -3.85. The van der Waals surface area contributed by atoms with E-state index in [9.17, 15) is 13.2 Å². The van der Waals surface area contributed by atoms with Gasteiger partial charge in [-0.3, -0.25) is 9.35 Å². The Bertz CT molecular complexity index is 257. The molecule has 1 aliphatic carbocycles. The van der Waals surface area contributed by atoms with Crippen LogP contribution in [0.2, 0.25) is 0 Å². The highest BCUT2D eigenvalue weighted by atomic mass is 32.2. The van der Waals surface area contributed by atoms with Gasteiger partial charge in [-0.25, -0.2) is 0 Å². The molecule has 0 aromatic rings. The van der Waals surface area contributed by atoms with Gasteiger partial charge in [0, 0.05) is 12.8 Å². The molecule has 0 unspecified atom stereocenters. The average molecular weight is 192 g/mol. The highest BCUT2D eigenvalue weighted by Gasteiger charge is 2.22. The highest BCUT2D eigenvalue weighted by molar-refractivity contribution is 7.85. The largest absolute Gasteiger partial charge is 0.300 e. The number of hydrogen-bond donors (Lipinski definition) is 1. The van der Waals surface area contributed by atoms with Crippen molar-refractivity contribution in [3.05, 3.63) is 0 Å². The fraction of sp³-hybridized carbons (Fsp3) is 0.857.